The number of amides is 8. The Kier molecular flexibility index (Phi) is 15.4. The topological polar surface area (TPSA) is 188 Å². The van der Waals surface area contributed by atoms with Gasteiger partial charge in [0.25, 0.3) is 47.3 Å². The van der Waals surface area contributed by atoms with E-state index in [2.05, 4.69) is 23.7 Å². The Balaban J connectivity index is 0.931. The number of fused-ring (bicyclic) bond motifs is 4. The van der Waals surface area contributed by atoms with E-state index in [1.54, 1.807) is 55.6 Å². The Labute approximate surface area is 572 Å². The minimum atomic E-state index is -0.871. The van der Waals surface area contributed by atoms with Crippen molar-refractivity contribution < 1.29 is 52.9 Å². The maximum Gasteiger partial charge on any atom is 0.261 e. The second kappa shape index (κ2) is 23.8. The van der Waals surface area contributed by atoms with Gasteiger partial charge >= 0.3 is 0 Å². The molecule has 0 saturated carbocycles. The highest BCUT2D eigenvalue weighted by Crippen LogP contribution is 2.54. The van der Waals surface area contributed by atoms with E-state index in [0.29, 0.717) is 211 Å². The van der Waals surface area contributed by atoms with Gasteiger partial charge in [0.2, 0.25) is 0 Å². The summed E-state index contributed by atoms with van der Waals surface area (Å²) in [6.07, 6.45) is 4.96. The molecule has 0 fully saturated rings. The van der Waals surface area contributed by atoms with Crippen molar-refractivity contribution in [3.63, 3.8) is 0 Å². The Hall–Kier alpha value is -10.7. The number of phenolic OH excluding ortho intramolecular Hbond substituents is 1. The lowest BCUT2D eigenvalue weighted by Gasteiger charge is -2.36. The summed E-state index contributed by atoms with van der Waals surface area (Å²) in [6.45, 7) is 19.8. The molecule has 11 aromatic rings. The number of methoxy groups -OCH3 is 1. The van der Waals surface area contributed by atoms with Crippen LogP contribution in [0, 0.1) is 23.7 Å². The van der Waals surface area contributed by atoms with Crippen molar-refractivity contribution in [3.8, 4) is 35.2 Å². The molecule has 4 aliphatic rings. The predicted molar refractivity (Wildman–Crippen MR) is 386 cm³/mol. The van der Waals surface area contributed by atoms with Gasteiger partial charge in [-0.3, -0.25) is 58.0 Å². The van der Waals surface area contributed by atoms with Crippen LogP contribution in [0.25, 0.3) is 86.2 Å². The third kappa shape index (κ3) is 9.01. The molecule has 15 rings (SSSR count). The molecule has 0 spiro atoms. The molecule has 1 N–H and O–H groups in total. The normalized spacial score (nSPS) is 15.3. The van der Waals surface area contributed by atoms with E-state index >= 15 is 14.4 Å². The second-order valence-corrected chi connectivity index (χ2v) is 27.2. The molecule has 0 saturated heterocycles. The number of hydrogen-bond donors (Lipinski definition) is 1. The molecule has 0 bridgehead atoms. The number of rotatable bonds is 17. The van der Waals surface area contributed by atoms with Crippen molar-refractivity contribution in [1.82, 2.24) is 19.6 Å². The molecule has 496 valence electrons. The fraction of sp³-hybridized carbons (Fsp3) is 0.310. The van der Waals surface area contributed by atoms with Crippen LogP contribution >= 0.6 is 0 Å². The van der Waals surface area contributed by atoms with Gasteiger partial charge in [-0.15, -0.1) is 0 Å². The Morgan fingerprint density at radius 1 is 0.354 bits per heavy atom. The number of hydrogen-bond acceptors (Lipinski definition) is 11. The van der Waals surface area contributed by atoms with E-state index in [9.17, 15) is 29.1 Å². The lowest BCUT2D eigenvalue weighted by atomic mass is 9.80. The summed E-state index contributed by atoms with van der Waals surface area (Å²) in [4.78, 5) is 124. The van der Waals surface area contributed by atoms with Crippen LogP contribution in [-0.4, -0.2) is 115 Å². The smallest absolute Gasteiger partial charge is 0.261 e. The molecule has 8 amide bonds. The molecular formula is C84H74N4O11. The van der Waals surface area contributed by atoms with E-state index in [-0.39, 0.29) is 48.0 Å². The molecule has 15 nitrogen and oxygen atoms in total. The van der Waals surface area contributed by atoms with Crippen LogP contribution < -0.4 is 4.74 Å². The van der Waals surface area contributed by atoms with Crippen LogP contribution in [0.4, 0.5) is 0 Å². The third-order valence-electron chi connectivity index (χ3n) is 22.1. The summed E-state index contributed by atoms with van der Waals surface area (Å²) in [5, 5.41) is 21.0. The van der Waals surface area contributed by atoms with Crippen LogP contribution in [0.1, 0.15) is 232 Å². The molecule has 0 aliphatic carbocycles. The number of aromatic hydroxyl groups is 1. The quantitative estimate of drug-likeness (QED) is 0.0395. The highest BCUT2D eigenvalue weighted by Gasteiger charge is 2.45. The molecule has 1 atom stereocenters. The highest BCUT2D eigenvalue weighted by molar-refractivity contribution is 6.45. The first-order valence-electron chi connectivity index (χ1n) is 34.9. The average Bonchev–Trinajstić information content (AvgIpc) is 0.686. The molecule has 11 aromatic carbocycles. The van der Waals surface area contributed by atoms with Crippen LogP contribution in [0.15, 0.2) is 97.1 Å². The van der Waals surface area contributed by atoms with Crippen LogP contribution in [0.5, 0.6) is 11.5 Å². The number of nitrogens with zero attached hydrogens (tertiary/aromatic N) is 4. The minimum Gasteiger partial charge on any atom is -0.507 e. The van der Waals surface area contributed by atoms with Gasteiger partial charge in [0.1, 0.15) is 17.1 Å². The fourth-order valence-corrected chi connectivity index (χ4v) is 16.9. The third-order valence-corrected chi connectivity index (χ3v) is 22.1. The van der Waals surface area contributed by atoms with E-state index in [1.807, 2.05) is 112 Å². The van der Waals surface area contributed by atoms with Crippen molar-refractivity contribution >= 4 is 133 Å². The average molecular weight is 1320 g/mol. The molecule has 99 heavy (non-hydrogen) atoms. The summed E-state index contributed by atoms with van der Waals surface area (Å²) in [6, 6.07) is 27.0. The second-order valence-electron chi connectivity index (χ2n) is 27.2. The fourth-order valence-electron chi connectivity index (χ4n) is 16.9. The number of imide groups is 4. The molecule has 4 aliphatic heterocycles. The lowest BCUT2D eigenvalue weighted by Crippen LogP contribution is -2.46. The Bertz CT molecular complexity index is 5610. The summed E-state index contributed by atoms with van der Waals surface area (Å²) < 4.78 is 12.9. The highest BCUT2D eigenvalue weighted by atomic mass is 16.5. The van der Waals surface area contributed by atoms with E-state index < -0.39 is 47.0 Å². The van der Waals surface area contributed by atoms with Gasteiger partial charge in [0, 0.05) is 152 Å². The molecule has 15 heteroatoms. The summed E-state index contributed by atoms with van der Waals surface area (Å²) in [5.74, 6) is 10.5. The van der Waals surface area contributed by atoms with Crippen molar-refractivity contribution in [2.45, 2.75) is 157 Å². The van der Waals surface area contributed by atoms with E-state index in [0.717, 1.165) is 0 Å². The van der Waals surface area contributed by atoms with Gasteiger partial charge < -0.3 is 14.6 Å². The number of benzene rings is 11. The molecule has 0 radical (unpaired) electrons. The van der Waals surface area contributed by atoms with E-state index in [4.69, 9.17) is 9.47 Å². The largest absolute Gasteiger partial charge is 0.507 e. The Morgan fingerprint density at radius 2 is 0.646 bits per heavy atom. The summed E-state index contributed by atoms with van der Waals surface area (Å²) in [5.41, 5.74) is 3.80. The van der Waals surface area contributed by atoms with Crippen LogP contribution in [0.2, 0.25) is 0 Å². The van der Waals surface area contributed by atoms with Gasteiger partial charge in [-0.05, 0) is 159 Å². The first-order chi connectivity index (χ1) is 47.8. The first kappa shape index (κ1) is 64.3. The SMILES string of the molecule is CCC(CC)N1C(=O)c2ccc3c4c(C#Cc5ccc(C#Cc6cc7c8c(ccc9c%10c(OC(C)(CC)COC)cc%11c%12c(ccc(c6c89)c%12%10)C(=O)N(C(CC)CC)C%11=O)C(=O)N(C(CC)CC)C7=O)cc5)cc5c6c(ccc(c7c(O)cc(c2c37)C1=O)c64)C(=O)N(C(CC)CC)C5=O. The molecule has 4 heterocycles. The van der Waals surface area contributed by atoms with Gasteiger partial charge in [-0.1, -0.05) is 110 Å². The predicted octanol–water partition coefficient (Wildman–Crippen LogP) is 16.6. The number of carbonyl (C=O) groups is 8. The maximum atomic E-state index is 15.2. The summed E-state index contributed by atoms with van der Waals surface area (Å²) in [7, 11) is 1.61. The monoisotopic (exact) mass is 1310 g/mol. The number of ether oxygens (including phenoxy) is 2. The van der Waals surface area contributed by atoms with Crippen molar-refractivity contribution in [3.05, 3.63) is 164 Å². The van der Waals surface area contributed by atoms with Crippen molar-refractivity contribution in [2.75, 3.05) is 13.7 Å². The molecule has 1 unspecified atom stereocenters. The first-order valence-corrected chi connectivity index (χ1v) is 34.9. The maximum absolute atomic E-state index is 15.2. The number of phenols is 1. The zero-order valence-corrected chi connectivity index (χ0v) is 57.4. The van der Waals surface area contributed by atoms with Crippen LogP contribution in [0.3, 0.4) is 0 Å². The van der Waals surface area contributed by atoms with Gasteiger partial charge in [-0.25, -0.2) is 0 Å². The van der Waals surface area contributed by atoms with Crippen LogP contribution in [-0.2, 0) is 4.74 Å². The minimum absolute atomic E-state index is 0.178. The standard InChI is InChI=1S/C84H74N4O11/c1-12-46(13-2)85-76(90)54-35-31-52-70-62(89)39-60-68-56(78(92)87(82(60)96)48(16-5)17-6)33-29-50(74(68)70)64-44(37-58(80(85)94)66(54)72(52)64)27-25-42-21-23-43(24-22-42)26-28-45-38-59-67-55(77(91)86(81(59)95)47(14-3)15-4)36-32-53-71-63(99-84(10,20-9)41-98-11)40-61-69-57(34-30-51(75(69)71)65(45)73(53)67)79(93)88(83(61)97)49(18-7)19-8/h21-24,29-40,46-49,89H,12-20,41H2,1-11H3. The van der Waals surface area contributed by atoms with Crippen molar-refractivity contribution in [2.24, 2.45) is 0 Å². The van der Waals surface area contributed by atoms with Crippen molar-refractivity contribution in [1.29, 1.82) is 0 Å². The lowest BCUT2D eigenvalue weighted by molar-refractivity contribution is 0.00235. The molecule has 0 aromatic heterocycles. The number of carbonyl (C=O) groups excluding carboxylic acids is 8. The van der Waals surface area contributed by atoms with Gasteiger partial charge in [-0.2, -0.15) is 0 Å². The van der Waals surface area contributed by atoms with Gasteiger partial charge in [0.15, 0.2) is 0 Å². The van der Waals surface area contributed by atoms with E-state index in [1.165, 1.54) is 25.7 Å². The van der Waals surface area contributed by atoms with Gasteiger partial charge in [0.05, 0.1) is 17.7 Å². The zero-order valence-electron chi connectivity index (χ0n) is 57.4. The zero-order chi connectivity index (χ0) is 69.7. The Morgan fingerprint density at radius 3 is 0.980 bits per heavy atom. The molecular weight excluding hydrogens is 1240 g/mol. The summed E-state index contributed by atoms with van der Waals surface area (Å²) >= 11 is 0.